The number of hydrogen-bond donors (Lipinski definition) is 2. The lowest BCUT2D eigenvalue weighted by molar-refractivity contribution is -0.229. The van der Waals surface area contributed by atoms with Gasteiger partial charge in [-0.25, -0.2) is 0 Å². The van der Waals surface area contributed by atoms with Crippen molar-refractivity contribution in [3.8, 4) is 0 Å². The fraction of sp³-hybridized carbons (Fsp3) is 0.681. The van der Waals surface area contributed by atoms with Crippen molar-refractivity contribution in [3.63, 3.8) is 0 Å². The number of nitrogens with one attached hydrogen (secondary N) is 1. The molecule has 0 radical (unpaired) electrons. The Morgan fingerprint density at radius 2 is 1.64 bits per heavy atom. The van der Waals surface area contributed by atoms with E-state index in [0.29, 0.717) is 26.2 Å². The Labute approximate surface area is 354 Å². The number of nitrogens with two attached hydrogens (primary N) is 1. The molecule has 2 saturated heterocycles. The number of carbonyl (C=O) groups is 3. The Bertz CT molecular complexity index is 1580. The molecule has 2 aliphatic rings. The van der Waals surface area contributed by atoms with Crippen LogP contribution in [-0.4, -0.2) is 111 Å². The Balaban J connectivity index is 1.41. The third-order valence-corrected chi connectivity index (χ3v) is 12.5. The van der Waals surface area contributed by atoms with E-state index in [1.54, 1.807) is 26.2 Å². The van der Waals surface area contributed by atoms with E-state index >= 15 is 0 Å². The summed E-state index contributed by atoms with van der Waals surface area (Å²) in [5.74, 6) is -0.986. The maximum Gasteiger partial charge on any atom is 0.239 e. The van der Waals surface area contributed by atoms with E-state index < -0.39 is 42.6 Å². The predicted molar refractivity (Wildman–Crippen MR) is 230 cm³/mol. The Morgan fingerprint density at radius 1 is 0.949 bits per heavy atom. The highest BCUT2D eigenvalue weighted by atomic mass is 16.7. The molecule has 0 spiro atoms. The van der Waals surface area contributed by atoms with Gasteiger partial charge in [-0.1, -0.05) is 101 Å². The lowest BCUT2D eigenvalue weighted by Crippen LogP contribution is -2.56. The van der Waals surface area contributed by atoms with Crippen LogP contribution in [0.25, 0.3) is 0 Å². The van der Waals surface area contributed by atoms with Crippen molar-refractivity contribution >= 4 is 17.7 Å². The molecule has 3 amide bonds. The lowest BCUT2D eigenvalue weighted by atomic mass is 9.89. The third kappa shape index (κ3) is 13.3. The molecule has 12 heteroatoms. The molecule has 12 nitrogen and oxygen atoms in total. The molecule has 0 aliphatic carbocycles. The first-order valence-electron chi connectivity index (χ1n) is 21.9. The third-order valence-electron chi connectivity index (χ3n) is 12.5. The maximum atomic E-state index is 14.2. The molecule has 2 aliphatic heterocycles. The standard InChI is InChI=1S/C47H74N4O8/c1-11-32(5)43(50(8)47(54)42(48)30(2)3)39(55-9)27-40(52)51-26-16-20-38(51)44(56-10)33(6)46(53)49-34(7)45(36-17-13-12-14-18-36)59-41-21-15-19-37(58-41)29-57-28-35-24-22-31(4)23-25-35/h12-14,17-18,22-25,30,32-34,37-39,41-45H,11,15-16,19-21,26-29,48H2,1-10H3,(H,49,53)/t32-,33+,34+,37?,38-,39+,41?,42-,43-,44+,45+/m0/s1. The van der Waals surface area contributed by atoms with Gasteiger partial charge in [0.25, 0.3) is 0 Å². The smallest absolute Gasteiger partial charge is 0.239 e. The van der Waals surface area contributed by atoms with Gasteiger partial charge >= 0.3 is 0 Å². The van der Waals surface area contributed by atoms with E-state index in [9.17, 15) is 14.4 Å². The highest BCUT2D eigenvalue weighted by Crippen LogP contribution is 2.32. The Morgan fingerprint density at radius 3 is 2.27 bits per heavy atom. The van der Waals surface area contributed by atoms with Crippen molar-refractivity contribution < 1.29 is 38.1 Å². The van der Waals surface area contributed by atoms with Crippen LogP contribution >= 0.6 is 0 Å². The van der Waals surface area contributed by atoms with E-state index in [2.05, 4.69) is 50.4 Å². The van der Waals surface area contributed by atoms with Crippen LogP contribution in [0.5, 0.6) is 0 Å². The summed E-state index contributed by atoms with van der Waals surface area (Å²) in [4.78, 5) is 45.2. The molecule has 2 aromatic rings. The van der Waals surface area contributed by atoms with Crippen molar-refractivity contribution in [2.75, 3.05) is 34.4 Å². The summed E-state index contributed by atoms with van der Waals surface area (Å²) >= 11 is 0. The summed E-state index contributed by atoms with van der Waals surface area (Å²) < 4.78 is 31.2. The quantitative estimate of drug-likeness (QED) is 0.135. The Kier molecular flexibility index (Phi) is 19.3. The van der Waals surface area contributed by atoms with Crippen molar-refractivity contribution in [2.24, 2.45) is 23.5 Å². The van der Waals surface area contributed by atoms with Crippen molar-refractivity contribution in [3.05, 3.63) is 71.3 Å². The fourth-order valence-electron chi connectivity index (χ4n) is 8.63. The molecule has 0 bridgehead atoms. The zero-order chi connectivity index (χ0) is 43.2. The number of hydrogen-bond acceptors (Lipinski definition) is 9. The minimum atomic E-state index is -0.650. The molecule has 2 unspecified atom stereocenters. The van der Waals surface area contributed by atoms with Crippen LogP contribution in [0.2, 0.25) is 0 Å². The van der Waals surface area contributed by atoms with E-state index in [0.717, 1.165) is 43.2 Å². The topological polar surface area (TPSA) is 142 Å². The van der Waals surface area contributed by atoms with Gasteiger partial charge in [-0.2, -0.15) is 0 Å². The minimum absolute atomic E-state index is 0.0280. The van der Waals surface area contributed by atoms with Crippen molar-refractivity contribution in [1.82, 2.24) is 15.1 Å². The average Bonchev–Trinajstić information content (AvgIpc) is 3.72. The number of likely N-dealkylation sites (N-methyl/N-ethyl adjacent to an activating group) is 1. The van der Waals surface area contributed by atoms with Gasteiger partial charge in [0.2, 0.25) is 17.7 Å². The molecule has 2 fully saturated rings. The SMILES string of the molecule is CC[C@H](C)[C@@H]([C@@H](CC(=O)N1CCC[C@H]1[C@H](OC)[C@@H](C)C(=O)N[C@H](C)[C@@H](OC1CCCC(COCc2ccc(C)cc2)O1)c1ccccc1)OC)N(C)C(=O)[C@@H](N)C(C)C. The van der Waals surface area contributed by atoms with Gasteiger partial charge in [-0.3, -0.25) is 14.4 Å². The largest absolute Gasteiger partial charge is 0.379 e. The molecule has 2 aromatic carbocycles. The molecule has 0 saturated carbocycles. The number of carbonyl (C=O) groups excluding carboxylic acids is 3. The number of benzene rings is 2. The maximum absolute atomic E-state index is 14.2. The van der Waals surface area contributed by atoms with Crippen LogP contribution in [0.1, 0.15) is 109 Å². The molecular formula is C47H74N4O8. The molecule has 2 heterocycles. The second kappa shape index (κ2) is 23.6. The summed E-state index contributed by atoms with van der Waals surface area (Å²) in [7, 11) is 4.95. The number of aryl methyl sites for hydroxylation is 1. The van der Waals surface area contributed by atoms with Gasteiger partial charge in [0.1, 0.15) is 6.10 Å². The van der Waals surface area contributed by atoms with Crippen LogP contribution in [-0.2, 0) is 44.7 Å². The van der Waals surface area contributed by atoms with E-state index in [-0.39, 0.29) is 54.2 Å². The van der Waals surface area contributed by atoms with Gasteiger partial charge in [-0.05, 0) is 68.9 Å². The van der Waals surface area contributed by atoms with E-state index in [1.807, 2.05) is 62.9 Å². The number of nitrogens with zero attached hydrogens (tertiary/aromatic N) is 2. The van der Waals surface area contributed by atoms with Gasteiger partial charge in [0.05, 0.1) is 68.0 Å². The summed E-state index contributed by atoms with van der Waals surface area (Å²) in [6.45, 7) is 15.4. The van der Waals surface area contributed by atoms with Crippen LogP contribution in [0.3, 0.4) is 0 Å². The van der Waals surface area contributed by atoms with Gasteiger partial charge in [-0.15, -0.1) is 0 Å². The highest BCUT2D eigenvalue weighted by Gasteiger charge is 2.43. The first-order chi connectivity index (χ1) is 28.2. The Hall–Kier alpha value is -3.39. The molecule has 59 heavy (non-hydrogen) atoms. The molecule has 330 valence electrons. The summed E-state index contributed by atoms with van der Waals surface area (Å²) in [6, 6.07) is 16.5. The zero-order valence-electron chi connectivity index (χ0n) is 37.4. The van der Waals surface area contributed by atoms with E-state index in [4.69, 9.17) is 29.4 Å². The lowest BCUT2D eigenvalue weighted by Gasteiger charge is -2.40. The van der Waals surface area contributed by atoms with Crippen molar-refractivity contribution in [1.29, 1.82) is 0 Å². The van der Waals surface area contributed by atoms with Gasteiger partial charge in [0.15, 0.2) is 6.29 Å². The molecule has 11 atom stereocenters. The second-order valence-corrected chi connectivity index (χ2v) is 17.2. The first kappa shape index (κ1) is 48.3. The zero-order valence-corrected chi connectivity index (χ0v) is 37.4. The summed E-state index contributed by atoms with van der Waals surface area (Å²) in [5.41, 5.74) is 9.57. The van der Waals surface area contributed by atoms with Gasteiger partial charge in [0, 0.05) is 27.8 Å². The van der Waals surface area contributed by atoms with Crippen LogP contribution < -0.4 is 11.1 Å². The van der Waals surface area contributed by atoms with Crippen LogP contribution in [0.4, 0.5) is 0 Å². The van der Waals surface area contributed by atoms with Crippen molar-refractivity contribution in [2.45, 2.75) is 155 Å². The summed E-state index contributed by atoms with van der Waals surface area (Å²) in [6.07, 6.45) is 2.84. The van der Waals surface area contributed by atoms with E-state index in [1.165, 1.54) is 5.56 Å². The number of amides is 3. The highest BCUT2D eigenvalue weighted by molar-refractivity contribution is 5.83. The molecule has 0 aromatic heterocycles. The molecular weight excluding hydrogens is 749 g/mol. The molecule has 3 N–H and O–H groups in total. The van der Waals surface area contributed by atoms with Crippen LogP contribution in [0, 0.1) is 24.7 Å². The predicted octanol–water partition coefficient (Wildman–Crippen LogP) is 6.57. The number of methoxy groups -OCH3 is 2. The average molecular weight is 823 g/mol. The second-order valence-electron chi connectivity index (χ2n) is 17.2. The fourth-order valence-corrected chi connectivity index (χ4v) is 8.63. The van der Waals surface area contributed by atoms with Gasteiger partial charge < -0.3 is 44.5 Å². The summed E-state index contributed by atoms with van der Waals surface area (Å²) in [5, 5.41) is 3.24. The molecule has 4 rings (SSSR count). The first-order valence-corrected chi connectivity index (χ1v) is 21.9. The monoisotopic (exact) mass is 823 g/mol. The number of rotatable bonds is 22. The number of likely N-dealkylation sites (tertiary alicyclic amines) is 1. The van der Waals surface area contributed by atoms with Crippen LogP contribution in [0.15, 0.2) is 54.6 Å². The normalized spacial score (nSPS) is 22.5. The minimum Gasteiger partial charge on any atom is -0.379 e. The number of ether oxygens (including phenoxy) is 5.